The van der Waals surface area contributed by atoms with Crippen LogP contribution in [0.15, 0.2) is 54.6 Å². The summed E-state index contributed by atoms with van der Waals surface area (Å²) in [6.45, 7) is -0.125. The molecule has 3 atom stereocenters. The van der Waals surface area contributed by atoms with Crippen LogP contribution in [0.3, 0.4) is 0 Å². The summed E-state index contributed by atoms with van der Waals surface area (Å²) in [4.78, 5) is 12.0. The van der Waals surface area contributed by atoms with Gasteiger partial charge in [0.25, 0.3) is 6.01 Å². The van der Waals surface area contributed by atoms with Crippen LogP contribution < -0.4 is 4.74 Å². The summed E-state index contributed by atoms with van der Waals surface area (Å²) >= 11 is 12.6. The maximum absolute atomic E-state index is 10.1. The Bertz CT molecular complexity index is 1260. The van der Waals surface area contributed by atoms with Crippen LogP contribution in [0, 0.1) is 0 Å². The van der Waals surface area contributed by atoms with Gasteiger partial charge in [-0.15, -0.1) is 0 Å². The zero-order valence-corrected chi connectivity index (χ0v) is 18.2. The molecule has 0 amide bonds. The number of aliphatic hydroxyl groups is 2. The molecule has 1 aliphatic heterocycles. The second kappa shape index (κ2) is 8.69. The number of halogens is 2. The van der Waals surface area contributed by atoms with E-state index in [1.165, 1.54) is 0 Å². The van der Waals surface area contributed by atoms with Crippen LogP contribution >= 0.6 is 23.2 Å². The first-order chi connectivity index (χ1) is 15.5. The second-order valence-corrected chi connectivity index (χ2v) is 8.36. The Kier molecular flexibility index (Phi) is 5.75. The van der Waals surface area contributed by atoms with E-state index in [1.807, 2.05) is 48.5 Å². The maximum Gasteiger partial charge on any atom is 0.296 e. The van der Waals surface area contributed by atoms with E-state index in [4.69, 9.17) is 32.7 Å². The van der Waals surface area contributed by atoms with Crippen molar-refractivity contribution in [2.75, 3.05) is 13.2 Å². The van der Waals surface area contributed by atoms with Crippen molar-refractivity contribution in [1.29, 1.82) is 0 Å². The van der Waals surface area contributed by atoms with Gasteiger partial charge in [0.2, 0.25) is 0 Å². The summed E-state index contributed by atoms with van der Waals surface area (Å²) in [5.74, 6) is 0. The Morgan fingerprint density at radius 1 is 1.03 bits per heavy atom. The van der Waals surface area contributed by atoms with Gasteiger partial charge in [0.05, 0.1) is 29.4 Å². The van der Waals surface area contributed by atoms with Gasteiger partial charge in [-0.1, -0.05) is 59.6 Å². The van der Waals surface area contributed by atoms with Crippen LogP contribution in [0.4, 0.5) is 0 Å². The van der Waals surface area contributed by atoms with Crippen molar-refractivity contribution in [3.8, 4) is 28.4 Å². The quantitative estimate of drug-likeness (QED) is 0.405. The number of pyridine rings is 1. The minimum absolute atomic E-state index is 0.155. The molecule has 2 aromatic carbocycles. The third kappa shape index (κ3) is 4.05. The summed E-state index contributed by atoms with van der Waals surface area (Å²) in [5, 5.41) is 20.5. The molecule has 0 bridgehead atoms. The molecule has 9 heteroatoms. The topological polar surface area (TPSA) is 100 Å². The van der Waals surface area contributed by atoms with Gasteiger partial charge < -0.3 is 24.7 Å². The summed E-state index contributed by atoms with van der Waals surface area (Å²) in [7, 11) is 0. The Balaban J connectivity index is 1.41. The smallest absolute Gasteiger partial charge is 0.296 e. The molecule has 3 N–H and O–H groups in total. The molecular formula is C23H19Cl2N3O4. The van der Waals surface area contributed by atoms with Gasteiger partial charge in [-0.25, -0.2) is 4.98 Å². The van der Waals surface area contributed by atoms with E-state index >= 15 is 0 Å². The van der Waals surface area contributed by atoms with E-state index in [0.717, 1.165) is 16.7 Å². The number of H-pyrrole nitrogens is 1. The number of aromatic amines is 1. The highest BCUT2D eigenvalue weighted by molar-refractivity contribution is 6.33. The first kappa shape index (κ1) is 21.2. The minimum atomic E-state index is -0.946. The van der Waals surface area contributed by atoms with Gasteiger partial charge in [-0.2, -0.15) is 4.98 Å². The van der Waals surface area contributed by atoms with E-state index in [0.29, 0.717) is 26.9 Å². The molecule has 0 unspecified atom stereocenters. The third-order valence-corrected chi connectivity index (χ3v) is 5.92. The van der Waals surface area contributed by atoms with Crippen LogP contribution in [0.1, 0.15) is 0 Å². The van der Waals surface area contributed by atoms with E-state index in [1.54, 1.807) is 6.07 Å². The second-order valence-electron chi connectivity index (χ2n) is 7.52. The van der Waals surface area contributed by atoms with E-state index < -0.39 is 18.3 Å². The normalized spacial score (nSPS) is 20.7. The molecule has 0 radical (unpaired) electrons. The molecule has 0 saturated carbocycles. The zero-order valence-electron chi connectivity index (χ0n) is 16.7. The van der Waals surface area contributed by atoms with Gasteiger partial charge in [-0.05, 0) is 29.3 Å². The lowest BCUT2D eigenvalue weighted by atomic mass is 10.0. The molecular weight excluding hydrogens is 453 g/mol. The summed E-state index contributed by atoms with van der Waals surface area (Å²) in [6.07, 6.45) is -2.25. The SMILES string of the molecule is OC[C@H]1OC[C@@H](Oc2nc3nc(-c4ccc(-c5cccc(Cl)c5)cc4)c(Cl)cc3[nH]2)[C@@H]1O. The Morgan fingerprint density at radius 2 is 1.81 bits per heavy atom. The summed E-state index contributed by atoms with van der Waals surface area (Å²) in [5.41, 5.74) is 4.54. The minimum Gasteiger partial charge on any atom is -0.456 e. The van der Waals surface area contributed by atoms with Crippen molar-refractivity contribution in [1.82, 2.24) is 15.0 Å². The Hall–Kier alpha value is -2.68. The van der Waals surface area contributed by atoms with Crippen molar-refractivity contribution in [2.24, 2.45) is 0 Å². The lowest BCUT2D eigenvalue weighted by Crippen LogP contribution is -2.36. The van der Waals surface area contributed by atoms with Crippen LogP contribution in [0.25, 0.3) is 33.5 Å². The molecule has 0 spiro atoms. The molecule has 32 heavy (non-hydrogen) atoms. The van der Waals surface area contributed by atoms with Gasteiger partial charge in [0.1, 0.15) is 12.2 Å². The highest BCUT2D eigenvalue weighted by atomic mass is 35.5. The van der Waals surface area contributed by atoms with Crippen molar-refractivity contribution >= 4 is 34.4 Å². The van der Waals surface area contributed by atoms with E-state index in [-0.39, 0.29) is 19.2 Å². The van der Waals surface area contributed by atoms with Crippen molar-refractivity contribution in [3.63, 3.8) is 0 Å². The number of aliphatic hydroxyl groups excluding tert-OH is 2. The molecule has 1 saturated heterocycles. The van der Waals surface area contributed by atoms with E-state index in [9.17, 15) is 10.2 Å². The lowest BCUT2D eigenvalue weighted by molar-refractivity contribution is -0.00390. The number of nitrogens with zero attached hydrogens (tertiary/aromatic N) is 2. The number of ether oxygens (including phenoxy) is 2. The van der Waals surface area contributed by atoms with Crippen molar-refractivity contribution in [3.05, 3.63) is 64.6 Å². The number of imidazole rings is 1. The molecule has 7 nitrogen and oxygen atoms in total. The number of hydrogen-bond donors (Lipinski definition) is 3. The molecule has 0 aliphatic carbocycles. The fraction of sp³-hybridized carbons (Fsp3) is 0.217. The first-order valence-corrected chi connectivity index (χ1v) is 10.8. The highest BCUT2D eigenvalue weighted by Crippen LogP contribution is 2.32. The monoisotopic (exact) mass is 471 g/mol. The molecule has 3 heterocycles. The number of benzene rings is 2. The highest BCUT2D eigenvalue weighted by Gasteiger charge is 2.37. The Labute approximate surface area is 193 Å². The van der Waals surface area contributed by atoms with Crippen molar-refractivity contribution < 1.29 is 19.7 Å². The molecule has 1 aliphatic rings. The first-order valence-electron chi connectivity index (χ1n) is 10.0. The van der Waals surface area contributed by atoms with Crippen LogP contribution in [0.5, 0.6) is 6.01 Å². The predicted molar refractivity (Wildman–Crippen MR) is 122 cm³/mol. The number of aromatic nitrogens is 3. The number of rotatable bonds is 5. The maximum atomic E-state index is 10.1. The third-order valence-electron chi connectivity index (χ3n) is 5.40. The number of fused-ring (bicyclic) bond motifs is 1. The molecule has 1 fully saturated rings. The van der Waals surface area contributed by atoms with Gasteiger partial charge in [-0.3, -0.25) is 0 Å². The van der Waals surface area contributed by atoms with E-state index in [2.05, 4.69) is 15.0 Å². The molecule has 4 aromatic rings. The van der Waals surface area contributed by atoms with Gasteiger partial charge in [0.15, 0.2) is 11.8 Å². The van der Waals surface area contributed by atoms with Gasteiger partial charge >= 0.3 is 0 Å². The van der Waals surface area contributed by atoms with Crippen molar-refractivity contribution in [2.45, 2.75) is 18.3 Å². The zero-order chi connectivity index (χ0) is 22.2. The average Bonchev–Trinajstić information content (AvgIpc) is 3.35. The predicted octanol–water partition coefficient (Wildman–Crippen LogP) is 4.10. The van der Waals surface area contributed by atoms with Gasteiger partial charge in [0, 0.05) is 10.6 Å². The Morgan fingerprint density at radius 3 is 2.53 bits per heavy atom. The number of nitrogens with one attached hydrogen (secondary N) is 1. The van der Waals surface area contributed by atoms with Crippen LogP contribution in [-0.2, 0) is 4.74 Å². The molecule has 164 valence electrons. The summed E-state index contributed by atoms with van der Waals surface area (Å²) in [6, 6.07) is 17.5. The van der Waals surface area contributed by atoms with Crippen LogP contribution in [0.2, 0.25) is 10.0 Å². The largest absolute Gasteiger partial charge is 0.456 e. The number of hydrogen-bond acceptors (Lipinski definition) is 6. The summed E-state index contributed by atoms with van der Waals surface area (Å²) < 4.78 is 11.0. The molecule has 5 rings (SSSR count). The lowest BCUT2D eigenvalue weighted by Gasteiger charge is -2.15. The fourth-order valence-corrected chi connectivity index (χ4v) is 4.16. The van der Waals surface area contributed by atoms with Crippen LogP contribution in [-0.4, -0.2) is 56.7 Å². The fourth-order valence-electron chi connectivity index (χ4n) is 3.71. The average molecular weight is 472 g/mol. The molecule has 2 aromatic heterocycles. The standard InChI is InChI=1S/C23H19Cl2N3O4/c24-15-3-1-2-14(8-15)12-4-6-13(7-5-12)20-16(25)9-17-22(27-20)28-23(26-17)32-19-11-31-18(10-29)21(19)30/h1-9,18-19,21,29-30H,10-11H2,(H,26,27,28)/t18-,19-,21-/m1/s1.